The molecule has 0 radical (unpaired) electrons. The normalized spacial score (nSPS) is 24.9. The molecule has 5 heteroatoms. The minimum absolute atomic E-state index is 0.265. The summed E-state index contributed by atoms with van der Waals surface area (Å²) in [5.74, 6) is 0. The molecule has 2 atom stereocenters. The number of halogens is 1. The summed E-state index contributed by atoms with van der Waals surface area (Å²) in [7, 11) is -3.40. The molecule has 0 amide bonds. The van der Waals surface area contributed by atoms with Crippen molar-refractivity contribution < 1.29 is 13.5 Å². The Labute approximate surface area is 93.6 Å². The average Bonchev–Trinajstić information content (AvgIpc) is 2.40. The maximum absolute atomic E-state index is 12.0. The molecule has 1 aromatic carbocycles. The Hall–Kier alpha value is -0.580. The molecular weight excluding hydrogens is 236 g/mol. The lowest BCUT2D eigenvalue weighted by Crippen LogP contribution is -2.29. The van der Waals surface area contributed by atoms with Crippen molar-refractivity contribution >= 4 is 21.4 Å². The van der Waals surface area contributed by atoms with E-state index in [0.717, 1.165) is 0 Å². The summed E-state index contributed by atoms with van der Waals surface area (Å²) in [6.07, 6.45) is -0.576. The van der Waals surface area contributed by atoms with E-state index >= 15 is 0 Å². The lowest BCUT2D eigenvalue weighted by molar-refractivity contribution is 0.189. The highest BCUT2D eigenvalue weighted by atomic mass is 35.5. The molecule has 1 heterocycles. The number of aliphatic hydroxyl groups excluding tert-OH is 1. The van der Waals surface area contributed by atoms with E-state index in [2.05, 4.69) is 0 Å². The molecule has 1 aliphatic rings. The van der Waals surface area contributed by atoms with Gasteiger partial charge in [-0.3, -0.25) is 0 Å². The SMILES string of the molecule is CC(O)C1Cc2c(Cl)cccc2S1(=O)=O. The predicted octanol–water partition coefficient (Wildman–Crippen LogP) is 1.42. The van der Waals surface area contributed by atoms with E-state index in [1.54, 1.807) is 18.2 Å². The van der Waals surface area contributed by atoms with E-state index in [9.17, 15) is 13.5 Å². The van der Waals surface area contributed by atoms with Crippen LogP contribution in [0.5, 0.6) is 0 Å². The maximum Gasteiger partial charge on any atom is 0.184 e. The van der Waals surface area contributed by atoms with Gasteiger partial charge in [-0.05, 0) is 31.0 Å². The van der Waals surface area contributed by atoms with Gasteiger partial charge in [0.2, 0.25) is 0 Å². The smallest absolute Gasteiger partial charge is 0.184 e. The van der Waals surface area contributed by atoms with Gasteiger partial charge in [0.15, 0.2) is 9.84 Å². The zero-order valence-electron chi connectivity index (χ0n) is 8.14. The Bertz CT molecular complexity index is 493. The van der Waals surface area contributed by atoms with Crippen molar-refractivity contribution in [2.24, 2.45) is 0 Å². The van der Waals surface area contributed by atoms with Gasteiger partial charge in [-0.1, -0.05) is 17.7 Å². The quantitative estimate of drug-likeness (QED) is 0.816. The van der Waals surface area contributed by atoms with E-state index in [1.165, 1.54) is 6.92 Å². The molecule has 2 rings (SSSR count). The van der Waals surface area contributed by atoms with Crippen molar-refractivity contribution in [2.45, 2.75) is 29.6 Å². The number of rotatable bonds is 1. The zero-order chi connectivity index (χ0) is 11.2. The Kier molecular flexibility index (Phi) is 2.53. The van der Waals surface area contributed by atoms with Crippen LogP contribution in [0.15, 0.2) is 23.1 Å². The lowest BCUT2D eigenvalue weighted by atomic mass is 10.1. The average molecular weight is 247 g/mol. The van der Waals surface area contributed by atoms with Gasteiger partial charge in [0.05, 0.1) is 16.2 Å². The molecule has 3 nitrogen and oxygen atoms in total. The Morgan fingerprint density at radius 1 is 1.53 bits per heavy atom. The first-order valence-corrected chi connectivity index (χ1v) is 6.56. The highest BCUT2D eigenvalue weighted by Gasteiger charge is 2.40. The molecule has 0 aromatic heterocycles. The van der Waals surface area contributed by atoms with Crippen LogP contribution < -0.4 is 0 Å². The highest BCUT2D eigenvalue weighted by molar-refractivity contribution is 7.92. The predicted molar refractivity (Wildman–Crippen MR) is 57.8 cm³/mol. The third kappa shape index (κ3) is 1.57. The fourth-order valence-corrected chi connectivity index (χ4v) is 4.25. The fourth-order valence-electron chi connectivity index (χ4n) is 1.91. The minimum Gasteiger partial charge on any atom is -0.392 e. The third-order valence-corrected chi connectivity index (χ3v) is 5.43. The summed E-state index contributed by atoms with van der Waals surface area (Å²) in [5, 5.41) is 9.13. The number of hydrogen-bond acceptors (Lipinski definition) is 3. The summed E-state index contributed by atoms with van der Waals surface area (Å²) < 4.78 is 23.9. The summed E-state index contributed by atoms with van der Waals surface area (Å²) in [6, 6.07) is 4.82. The van der Waals surface area contributed by atoms with Crippen LogP contribution in [-0.2, 0) is 16.3 Å². The van der Waals surface area contributed by atoms with Crippen LogP contribution in [0.2, 0.25) is 5.02 Å². The van der Waals surface area contributed by atoms with Crippen molar-refractivity contribution in [3.05, 3.63) is 28.8 Å². The van der Waals surface area contributed by atoms with Gasteiger partial charge < -0.3 is 5.11 Å². The Balaban J connectivity index is 2.62. The second-order valence-corrected chi connectivity index (χ2v) is 6.29. The molecule has 0 fully saturated rings. The number of hydrogen-bond donors (Lipinski definition) is 1. The van der Waals surface area contributed by atoms with Crippen LogP contribution in [0.25, 0.3) is 0 Å². The van der Waals surface area contributed by atoms with Crippen LogP contribution >= 0.6 is 11.6 Å². The van der Waals surface area contributed by atoms with Crippen molar-refractivity contribution in [1.82, 2.24) is 0 Å². The molecule has 2 unspecified atom stereocenters. The van der Waals surface area contributed by atoms with Crippen LogP contribution in [0, 0.1) is 0 Å². The minimum atomic E-state index is -3.40. The number of aliphatic hydroxyl groups is 1. The van der Waals surface area contributed by atoms with Gasteiger partial charge >= 0.3 is 0 Å². The highest BCUT2D eigenvalue weighted by Crippen LogP contribution is 2.36. The van der Waals surface area contributed by atoms with Gasteiger partial charge in [0.25, 0.3) is 0 Å². The van der Waals surface area contributed by atoms with Crippen molar-refractivity contribution in [2.75, 3.05) is 0 Å². The first-order valence-electron chi connectivity index (χ1n) is 4.64. The molecular formula is C10H11ClO3S. The van der Waals surface area contributed by atoms with Gasteiger partial charge in [-0.2, -0.15) is 0 Å². The molecule has 0 bridgehead atoms. The third-order valence-electron chi connectivity index (χ3n) is 2.72. The van der Waals surface area contributed by atoms with Crippen LogP contribution in [-0.4, -0.2) is 24.9 Å². The molecule has 0 saturated carbocycles. The van der Waals surface area contributed by atoms with Crippen molar-refractivity contribution in [1.29, 1.82) is 0 Å². The lowest BCUT2D eigenvalue weighted by Gasteiger charge is -2.11. The molecule has 82 valence electrons. The first-order chi connectivity index (χ1) is 6.94. The molecule has 0 spiro atoms. The van der Waals surface area contributed by atoms with Gasteiger partial charge in [-0.25, -0.2) is 8.42 Å². The number of sulfone groups is 1. The topological polar surface area (TPSA) is 54.4 Å². The second-order valence-electron chi connectivity index (χ2n) is 3.74. The molecule has 0 saturated heterocycles. The summed E-state index contributed by atoms with van der Waals surface area (Å²) in [6.45, 7) is 1.49. The molecule has 1 N–H and O–H groups in total. The molecule has 15 heavy (non-hydrogen) atoms. The molecule has 1 aliphatic heterocycles. The standard InChI is InChI=1S/C10H11ClO3S/c1-6(12)10-5-7-8(11)3-2-4-9(7)15(10,13)14/h2-4,6,10,12H,5H2,1H3. The number of fused-ring (bicyclic) bond motifs is 1. The van der Waals surface area contributed by atoms with Gasteiger partial charge in [0.1, 0.15) is 0 Å². The van der Waals surface area contributed by atoms with Crippen LogP contribution in [0.1, 0.15) is 12.5 Å². The second kappa shape index (κ2) is 3.47. The summed E-state index contributed by atoms with van der Waals surface area (Å²) in [4.78, 5) is 0.265. The van der Waals surface area contributed by atoms with E-state index in [1.807, 2.05) is 0 Å². The molecule has 0 aliphatic carbocycles. The van der Waals surface area contributed by atoms with E-state index in [0.29, 0.717) is 17.0 Å². The summed E-state index contributed by atoms with van der Waals surface area (Å²) in [5.41, 5.74) is 0.630. The monoisotopic (exact) mass is 246 g/mol. The maximum atomic E-state index is 12.0. The van der Waals surface area contributed by atoms with Crippen LogP contribution in [0.4, 0.5) is 0 Å². The summed E-state index contributed by atoms with van der Waals surface area (Å²) >= 11 is 5.92. The van der Waals surface area contributed by atoms with E-state index in [4.69, 9.17) is 11.6 Å². The fraction of sp³-hybridized carbons (Fsp3) is 0.400. The van der Waals surface area contributed by atoms with Crippen LogP contribution in [0.3, 0.4) is 0 Å². The first kappa shape index (κ1) is 10.9. The van der Waals surface area contributed by atoms with Gasteiger partial charge in [-0.15, -0.1) is 0 Å². The number of benzene rings is 1. The largest absolute Gasteiger partial charge is 0.392 e. The Morgan fingerprint density at radius 3 is 2.73 bits per heavy atom. The van der Waals surface area contributed by atoms with E-state index in [-0.39, 0.29) is 4.90 Å². The van der Waals surface area contributed by atoms with Crippen molar-refractivity contribution in [3.63, 3.8) is 0 Å². The Morgan fingerprint density at radius 2 is 2.20 bits per heavy atom. The van der Waals surface area contributed by atoms with Crippen molar-refractivity contribution in [3.8, 4) is 0 Å². The van der Waals surface area contributed by atoms with E-state index < -0.39 is 21.2 Å². The molecule has 1 aromatic rings. The van der Waals surface area contributed by atoms with Gasteiger partial charge in [0, 0.05) is 5.02 Å². The zero-order valence-corrected chi connectivity index (χ0v) is 9.72.